The molecular weight excluding hydrogens is 265 g/mol. The zero-order chi connectivity index (χ0) is 13.4. The van der Waals surface area contributed by atoms with E-state index >= 15 is 0 Å². The number of nitrogens with zero attached hydrogens (tertiary/aromatic N) is 2. The van der Waals surface area contributed by atoms with Gasteiger partial charge in [0.05, 0.1) is 0 Å². The van der Waals surface area contributed by atoms with Crippen molar-refractivity contribution in [1.29, 1.82) is 0 Å². The number of aromatic nitrogens is 2. The molecule has 1 aromatic carbocycles. The van der Waals surface area contributed by atoms with E-state index in [0.29, 0.717) is 18.2 Å². The third-order valence-electron chi connectivity index (χ3n) is 2.86. The highest BCUT2D eigenvalue weighted by Crippen LogP contribution is 2.29. The van der Waals surface area contributed by atoms with Gasteiger partial charge in [0.15, 0.2) is 4.96 Å². The summed E-state index contributed by atoms with van der Waals surface area (Å²) in [4.78, 5) is 5.22. The molecule has 2 aromatic heterocycles. The predicted octanol–water partition coefficient (Wildman–Crippen LogP) is 3.09. The molecule has 0 unspecified atom stereocenters. The van der Waals surface area contributed by atoms with Gasteiger partial charge in [-0.25, -0.2) is 4.39 Å². The Balaban J connectivity index is 2.02. The highest BCUT2D eigenvalue weighted by atomic mass is 32.1. The summed E-state index contributed by atoms with van der Waals surface area (Å²) in [7, 11) is 0. The van der Waals surface area contributed by atoms with Crippen LogP contribution in [0, 0.1) is 12.7 Å². The molecule has 19 heavy (non-hydrogen) atoms. The average Bonchev–Trinajstić information content (AvgIpc) is 2.92. The molecule has 0 saturated heterocycles. The molecule has 0 saturated carbocycles. The summed E-state index contributed by atoms with van der Waals surface area (Å²) < 4.78 is 20.7. The fourth-order valence-electron chi connectivity index (χ4n) is 1.91. The molecule has 6 heteroatoms. The minimum atomic E-state index is -0.283. The van der Waals surface area contributed by atoms with Crippen LogP contribution in [-0.2, 0) is 6.54 Å². The standard InChI is InChI=1S/C13H12FN3OS/c1-8-6-9(14)2-3-11(8)18-12-10(7-15)17-4-5-19-13(17)16-12/h2-6H,7,15H2,1H3. The average molecular weight is 277 g/mol. The SMILES string of the molecule is Cc1cc(F)ccc1Oc1nc2sccn2c1CN. The summed E-state index contributed by atoms with van der Waals surface area (Å²) in [5.74, 6) is 0.778. The molecule has 2 heterocycles. The monoisotopic (exact) mass is 277 g/mol. The van der Waals surface area contributed by atoms with Gasteiger partial charge in [-0.05, 0) is 30.7 Å². The number of fused-ring (bicyclic) bond motifs is 1. The fraction of sp³-hybridized carbons (Fsp3) is 0.154. The highest BCUT2D eigenvalue weighted by Gasteiger charge is 2.14. The van der Waals surface area contributed by atoms with Crippen molar-refractivity contribution < 1.29 is 9.13 Å². The Bertz CT molecular complexity index is 735. The van der Waals surface area contributed by atoms with E-state index in [-0.39, 0.29) is 5.82 Å². The van der Waals surface area contributed by atoms with Gasteiger partial charge in [-0.15, -0.1) is 11.3 Å². The summed E-state index contributed by atoms with van der Waals surface area (Å²) >= 11 is 1.51. The summed E-state index contributed by atoms with van der Waals surface area (Å²) in [6.07, 6.45) is 1.90. The van der Waals surface area contributed by atoms with E-state index in [1.165, 1.54) is 23.5 Å². The Labute approximate surface area is 113 Å². The third-order valence-corrected chi connectivity index (χ3v) is 3.62. The molecule has 3 aromatic rings. The maximum Gasteiger partial charge on any atom is 0.243 e. The maximum absolute atomic E-state index is 13.1. The van der Waals surface area contributed by atoms with Gasteiger partial charge in [0, 0.05) is 18.1 Å². The molecule has 0 spiro atoms. The number of aryl methyl sites for hydroxylation is 1. The lowest BCUT2D eigenvalue weighted by Gasteiger charge is -2.07. The molecule has 0 aliphatic heterocycles. The van der Waals surface area contributed by atoms with Gasteiger partial charge in [0.25, 0.3) is 0 Å². The van der Waals surface area contributed by atoms with Crippen LogP contribution in [0.3, 0.4) is 0 Å². The number of imidazole rings is 1. The van der Waals surface area contributed by atoms with Crippen LogP contribution in [0.4, 0.5) is 4.39 Å². The van der Waals surface area contributed by atoms with Crippen LogP contribution in [0.2, 0.25) is 0 Å². The molecule has 0 bridgehead atoms. The Morgan fingerprint density at radius 2 is 2.32 bits per heavy atom. The quantitative estimate of drug-likeness (QED) is 0.800. The summed E-state index contributed by atoms with van der Waals surface area (Å²) in [5.41, 5.74) is 7.27. The van der Waals surface area contributed by atoms with Crippen LogP contribution in [0.15, 0.2) is 29.8 Å². The Hall–Kier alpha value is -1.92. The first kappa shape index (κ1) is 12.1. The summed E-state index contributed by atoms with van der Waals surface area (Å²) in [6.45, 7) is 2.12. The number of ether oxygens (including phenoxy) is 1. The van der Waals surface area contributed by atoms with Crippen molar-refractivity contribution in [1.82, 2.24) is 9.38 Å². The van der Waals surface area contributed by atoms with Crippen molar-refractivity contribution in [3.8, 4) is 11.6 Å². The number of benzene rings is 1. The Kier molecular flexibility index (Phi) is 2.96. The van der Waals surface area contributed by atoms with Crippen molar-refractivity contribution >= 4 is 16.3 Å². The second-order valence-corrected chi connectivity index (χ2v) is 5.01. The lowest BCUT2D eigenvalue weighted by molar-refractivity contribution is 0.454. The number of hydrogen-bond acceptors (Lipinski definition) is 4. The van der Waals surface area contributed by atoms with E-state index < -0.39 is 0 Å². The Morgan fingerprint density at radius 1 is 1.47 bits per heavy atom. The number of halogens is 1. The normalized spacial score (nSPS) is 11.1. The first-order valence-electron chi connectivity index (χ1n) is 5.77. The minimum Gasteiger partial charge on any atom is -0.437 e. The van der Waals surface area contributed by atoms with Crippen LogP contribution in [0.25, 0.3) is 4.96 Å². The van der Waals surface area contributed by atoms with Crippen LogP contribution < -0.4 is 10.5 Å². The lowest BCUT2D eigenvalue weighted by atomic mass is 10.2. The minimum absolute atomic E-state index is 0.283. The molecule has 0 fully saturated rings. The highest BCUT2D eigenvalue weighted by molar-refractivity contribution is 7.15. The third kappa shape index (κ3) is 2.09. The van der Waals surface area contributed by atoms with Crippen molar-refractivity contribution in [2.45, 2.75) is 13.5 Å². The van der Waals surface area contributed by atoms with E-state index in [1.807, 2.05) is 16.0 Å². The van der Waals surface area contributed by atoms with E-state index in [4.69, 9.17) is 10.5 Å². The smallest absolute Gasteiger partial charge is 0.243 e. The van der Waals surface area contributed by atoms with Gasteiger partial charge in [-0.2, -0.15) is 4.98 Å². The molecule has 3 rings (SSSR count). The van der Waals surface area contributed by atoms with E-state index in [1.54, 1.807) is 13.0 Å². The summed E-state index contributed by atoms with van der Waals surface area (Å²) in [6, 6.07) is 4.39. The second kappa shape index (κ2) is 4.64. The molecule has 0 amide bonds. The molecule has 2 N–H and O–H groups in total. The van der Waals surface area contributed by atoms with Crippen LogP contribution in [0.5, 0.6) is 11.6 Å². The largest absolute Gasteiger partial charge is 0.437 e. The van der Waals surface area contributed by atoms with Gasteiger partial charge < -0.3 is 10.5 Å². The van der Waals surface area contributed by atoms with Gasteiger partial charge in [0.2, 0.25) is 5.88 Å². The van der Waals surface area contributed by atoms with E-state index in [0.717, 1.165) is 16.2 Å². The first-order valence-corrected chi connectivity index (χ1v) is 6.65. The van der Waals surface area contributed by atoms with Crippen molar-refractivity contribution in [2.24, 2.45) is 5.73 Å². The molecule has 0 aliphatic carbocycles. The van der Waals surface area contributed by atoms with E-state index in [9.17, 15) is 4.39 Å². The zero-order valence-corrected chi connectivity index (χ0v) is 11.1. The predicted molar refractivity (Wildman–Crippen MR) is 72.2 cm³/mol. The second-order valence-electron chi connectivity index (χ2n) is 4.14. The molecule has 0 atom stereocenters. The number of rotatable bonds is 3. The number of nitrogens with two attached hydrogens (primary N) is 1. The molecule has 4 nitrogen and oxygen atoms in total. The van der Waals surface area contributed by atoms with E-state index in [2.05, 4.69) is 4.98 Å². The van der Waals surface area contributed by atoms with Gasteiger partial charge in [-0.1, -0.05) is 0 Å². The molecule has 98 valence electrons. The molecular formula is C13H12FN3OS. The van der Waals surface area contributed by atoms with Crippen molar-refractivity contribution in [3.63, 3.8) is 0 Å². The topological polar surface area (TPSA) is 52.5 Å². The van der Waals surface area contributed by atoms with Gasteiger partial charge in [-0.3, -0.25) is 4.40 Å². The maximum atomic E-state index is 13.1. The summed E-state index contributed by atoms with van der Waals surface area (Å²) in [5, 5.41) is 1.94. The van der Waals surface area contributed by atoms with Crippen molar-refractivity contribution in [2.75, 3.05) is 0 Å². The number of hydrogen-bond donors (Lipinski definition) is 1. The van der Waals surface area contributed by atoms with Gasteiger partial charge in [0.1, 0.15) is 17.3 Å². The van der Waals surface area contributed by atoms with Gasteiger partial charge >= 0.3 is 0 Å². The molecule has 0 aliphatic rings. The van der Waals surface area contributed by atoms with Crippen molar-refractivity contribution in [3.05, 3.63) is 46.9 Å². The molecule has 0 radical (unpaired) electrons. The van der Waals surface area contributed by atoms with Crippen LogP contribution in [0.1, 0.15) is 11.3 Å². The zero-order valence-electron chi connectivity index (χ0n) is 10.3. The number of thiazole rings is 1. The van der Waals surface area contributed by atoms with Crippen LogP contribution >= 0.6 is 11.3 Å². The van der Waals surface area contributed by atoms with Crippen LogP contribution in [-0.4, -0.2) is 9.38 Å². The first-order chi connectivity index (χ1) is 9.19. The Morgan fingerprint density at radius 3 is 3.05 bits per heavy atom. The lowest BCUT2D eigenvalue weighted by Crippen LogP contribution is -2.02. The fourth-order valence-corrected chi connectivity index (χ4v) is 2.64.